The molecule has 8 aromatic carbocycles. The van der Waals surface area contributed by atoms with Crippen LogP contribution >= 0.6 is 0 Å². The van der Waals surface area contributed by atoms with Gasteiger partial charge in [0.25, 0.3) is 0 Å². The number of para-hydroxylation sites is 2. The van der Waals surface area contributed by atoms with Gasteiger partial charge < -0.3 is 4.90 Å². The monoisotopic (exact) mass is 619 g/mol. The van der Waals surface area contributed by atoms with E-state index < -0.39 is 0 Å². The summed E-state index contributed by atoms with van der Waals surface area (Å²) in [6.07, 6.45) is 0. The minimum atomic E-state index is -0.0648. The van der Waals surface area contributed by atoms with E-state index in [9.17, 15) is 0 Å². The number of hydrogen-bond acceptors (Lipinski definition) is 1. The molecule has 0 unspecified atom stereocenters. The van der Waals surface area contributed by atoms with Crippen LogP contribution < -0.4 is 4.90 Å². The summed E-state index contributed by atoms with van der Waals surface area (Å²) in [5, 5.41) is 8.12. The van der Waals surface area contributed by atoms with E-state index in [1.807, 2.05) is 13.8 Å². The van der Waals surface area contributed by atoms with Gasteiger partial charge in [0.2, 0.25) is 0 Å². The minimum Gasteiger partial charge on any atom is -0.310 e. The number of benzene rings is 8. The zero-order chi connectivity index (χ0) is 33.2. The first-order chi connectivity index (χ1) is 23.4. The fourth-order valence-corrected chi connectivity index (χ4v) is 8.14. The van der Waals surface area contributed by atoms with Crippen molar-refractivity contribution >= 4 is 49.4 Å². The van der Waals surface area contributed by atoms with Gasteiger partial charge in [-0.15, -0.1) is 0 Å². The molecule has 1 nitrogen and oxygen atoms in total. The lowest BCUT2D eigenvalue weighted by molar-refractivity contribution is 0.645. The van der Waals surface area contributed by atoms with Crippen LogP contribution in [0.15, 0.2) is 140 Å². The van der Waals surface area contributed by atoms with Gasteiger partial charge in [-0.25, -0.2) is 0 Å². The van der Waals surface area contributed by atoms with Crippen LogP contribution in [0.4, 0.5) is 17.1 Å². The summed E-state index contributed by atoms with van der Waals surface area (Å²) in [5.41, 5.74) is 14.0. The van der Waals surface area contributed by atoms with E-state index >= 15 is 0 Å². The maximum Gasteiger partial charge on any atom is 0.0490 e. The summed E-state index contributed by atoms with van der Waals surface area (Å²) < 4.78 is 0. The Morgan fingerprint density at radius 1 is 0.458 bits per heavy atom. The molecule has 0 amide bonds. The van der Waals surface area contributed by atoms with E-state index in [4.69, 9.17) is 0 Å². The molecule has 0 spiro atoms. The highest BCUT2D eigenvalue weighted by Gasteiger charge is 2.34. The maximum absolute atomic E-state index is 2.44. The number of aryl methyl sites for hydroxylation is 2. The molecule has 0 fully saturated rings. The van der Waals surface area contributed by atoms with Gasteiger partial charge in [-0.3, -0.25) is 0 Å². The predicted molar refractivity (Wildman–Crippen MR) is 209 cm³/mol. The highest BCUT2D eigenvalue weighted by molar-refractivity contribution is 6.29. The molecule has 1 aliphatic rings. The number of fused-ring (bicyclic) bond motifs is 2. The van der Waals surface area contributed by atoms with Gasteiger partial charge in [-0.05, 0) is 121 Å². The fraction of sp³-hybridized carbons (Fsp3) is 0.149. The van der Waals surface area contributed by atoms with E-state index in [-0.39, 0.29) is 5.41 Å². The molecular formula is C47H41N. The van der Waals surface area contributed by atoms with E-state index in [1.165, 1.54) is 88.2 Å². The molecule has 48 heavy (non-hydrogen) atoms. The number of hydrogen-bond donors (Lipinski definition) is 0. The standard InChI is InChI=1S/C45H35N.C2H6/c1-28-11-5-9-15-40(28)46(41-16-10-6-12-29(41)2)33-22-17-30(18-23-33)34-24-20-32-27-37-35-13-7-8-14-38(35)45(3,4)39-26-21-31-19-25-36(34)42(32)43(31)44(37)39;1-2/h5-27H,1-4H3;1-2H3. The van der Waals surface area contributed by atoms with Crippen molar-refractivity contribution in [3.8, 4) is 22.3 Å². The van der Waals surface area contributed by atoms with Crippen LogP contribution in [0.3, 0.4) is 0 Å². The van der Waals surface area contributed by atoms with Gasteiger partial charge >= 0.3 is 0 Å². The van der Waals surface area contributed by atoms with Gasteiger partial charge in [-0.2, -0.15) is 0 Å². The van der Waals surface area contributed by atoms with Crippen molar-refractivity contribution in [1.29, 1.82) is 0 Å². The Morgan fingerprint density at radius 3 is 1.75 bits per heavy atom. The van der Waals surface area contributed by atoms with Crippen molar-refractivity contribution in [1.82, 2.24) is 0 Å². The third-order valence-electron chi connectivity index (χ3n) is 10.5. The van der Waals surface area contributed by atoms with Gasteiger partial charge in [0, 0.05) is 22.5 Å². The molecule has 1 aliphatic carbocycles. The van der Waals surface area contributed by atoms with Crippen LogP contribution in [0.25, 0.3) is 54.6 Å². The predicted octanol–water partition coefficient (Wildman–Crippen LogP) is 13.7. The van der Waals surface area contributed by atoms with Crippen LogP contribution in [-0.4, -0.2) is 0 Å². The largest absolute Gasteiger partial charge is 0.310 e. The third kappa shape index (κ3) is 4.38. The maximum atomic E-state index is 2.44. The number of anilines is 3. The van der Waals surface area contributed by atoms with Crippen molar-refractivity contribution in [2.75, 3.05) is 4.90 Å². The topological polar surface area (TPSA) is 3.24 Å². The van der Waals surface area contributed by atoms with Crippen molar-refractivity contribution < 1.29 is 0 Å². The molecule has 0 aromatic heterocycles. The average Bonchev–Trinajstić information content (AvgIpc) is 3.12. The number of nitrogens with zero attached hydrogens (tertiary/aromatic N) is 1. The van der Waals surface area contributed by atoms with Gasteiger partial charge in [0.05, 0.1) is 0 Å². The summed E-state index contributed by atoms with van der Waals surface area (Å²) >= 11 is 0. The molecule has 0 N–H and O–H groups in total. The van der Waals surface area contributed by atoms with Crippen molar-refractivity contribution in [2.45, 2.75) is 47.0 Å². The zero-order valence-corrected chi connectivity index (χ0v) is 28.7. The Morgan fingerprint density at radius 2 is 1.06 bits per heavy atom. The molecule has 0 radical (unpaired) electrons. The van der Waals surface area contributed by atoms with Crippen molar-refractivity contribution in [2.24, 2.45) is 0 Å². The van der Waals surface area contributed by atoms with E-state index in [0.717, 1.165) is 5.69 Å². The Bertz CT molecular complexity index is 2420. The highest BCUT2D eigenvalue weighted by Crippen LogP contribution is 2.52. The molecule has 9 rings (SSSR count). The number of rotatable bonds is 4. The van der Waals surface area contributed by atoms with Crippen LogP contribution in [-0.2, 0) is 5.41 Å². The van der Waals surface area contributed by atoms with Gasteiger partial charge in [-0.1, -0.05) is 137 Å². The van der Waals surface area contributed by atoms with Crippen LogP contribution in [0.5, 0.6) is 0 Å². The fourth-order valence-electron chi connectivity index (χ4n) is 8.14. The molecule has 0 aliphatic heterocycles. The first-order valence-electron chi connectivity index (χ1n) is 17.3. The summed E-state index contributed by atoms with van der Waals surface area (Å²) in [6.45, 7) is 13.1. The first-order valence-corrected chi connectivity index (χ1v) is 17.3. The average molecular weight is 620 g/mol. The van der Waals surface area contributed by atoms with Crippen molar-refractivity contribution in [3.63, 3.8) is 0 Å². The SMILES string of the molecule is CC.Cc1ccccc1N(c1ccc(-c2ccc3cc4c5c(ccc6ccc2c3c65)C(C)(C)c2ccccc2-4)cc1)c1ccccc1C. The molecule has 0 saturated carbocycles. The molecule has 234 valence electrons. The van der Waals surface area contributed by atoms with Crippen LogP contribution in [0.2, 0.25) is 0 Å². The Kier molecular flexibility index (Phi) is 7.11. The highest BCUT2D eigenvalue weighted by atomic mass is 15.1. The quantitative estimate of drug-likeness (QED) is 0.177. The van der Waals surface area contributed by atoms with Crippen molar-refractivity contribution in [3.05, 3.63) is 162 Å². The third-order valence-corrected chi connectivity index (χ3v) is 10.5. The lowest BCUT2D eigenvalue weighted by Gasteiger charge is -2.36. The van der Waals surface area contributed by atoms with Crippen LogP contribution in [0, 0.1) is 13.8 Å². The summed E-state index contributed by atoms with van der Waals surface area (Å²) in [5.74, 6) is 0. The molecule has 0 atom stereocenters. The second-order valence-corrected chi connectivity index (χ2v) is 13.5. The zero-order valence-electron chi connectivity index (χ0n) is 28.7. The van der Waals surface area contributed by atoms with Gasteiger partial charge in [0.15, 0.2) is 0 Å². The summed E-state index contributed by atoms with van der Waals surface area (Å²) in [7, 11) is 0. The molecule has 8 aromatic rings. The lowest BCUT2D eigenvalue weighted by atomic mass is 9.67. The normalized spacial score (nSPS) is 13.0. The minimum absolute atomic E-state index is 0.0648. The van der Waals surface area contributed by atoms with E-state index in [0.29, 0.717) is 0 Å². The molecule has 1 heteroatoms. The van der Waals surface area contributed by atoms with E-state index in [1.54, 1.807) is 0 Å². The lowest BCUT2D eigenvalue weighted by Crippen LogP contribution is -2.23. The second kappa shape index (κ2) is 11.4. The Hall–Kier alpha value is -5.40. The second-order valence-electron chi connectivity index (χ2n) is 13.5. The van der Waals surface area contributed by atoms with E-state index in [2.05, 4.69) is 172 Å². The molecule has 0 saturated heterocycles. The van der Waals surface area contributed by atoms with Gasteiger partial charge in [0.1, 0.15) is 0 Å². The Labute approximate surface area is 284 Å². The Balaban J connectivity index is 0.00000165. The first kappa shape index (κ1) is 30.0. The molecule has 0 heterocycles. The summed E-state index contributed by atoms with van der Waals surface area (Å²) in [6, 6.07) is 51.9. The molecular weight excluding hydrogens is 579 g/mol. The smallest absolute Gasteiger partial charge is 0.0490 e. The molecule has 0 bridgehead atoms. The summed E-state index contributed by atoms with van der Waals surface area (Å²) in [4.78, 5) is 2.39. The van der Waals surface area contributed by atoms with Crippen LogP contribution in [0.1, 0.15) is 49.9 Å².